The molecule has 25 heavy (non-hydrogen) atoms. The van der Waals surface area contributed by atoms with Crippen molar-refractivity contribution in [2.45, 2.75) is 24.3 Å². The summed E-state index contributed by atoms with van der Waals surface area (Å²) in [5, 5.41) is 14.6. The SMILES string of the molecule is NS(=O)(=O)c1cccc(-c2cccc(CN3CCCC(CO)C3)c2)c1. The Morgan fingerprint density at radius 3 is 2.56 bits per heavy atom. The molecule has 2 aromatic rings. The predicted octanol–water partition coefficient (Wildman–Crippen LogP) is 2.21. The molecular formula is C19H24N2O3S. The molecule has 5 nitrogen and oxygen atoms in total. The summed E-state index contributed by atoms with van der Waals surface area (Å²) in [6, 6.07) is 14.8. The number of hydrogen-bond donors (Lipinski definition) is 2. The van der Waals surface area contributed by atoms with Gasteiger partial charge in [0.05, 0.1) is 4.90 Å². The van der Waals surface area contributed by atoms with E-state index in [0.717, 1.165) is 43.6 Å². The molecule has 0 saturated carbocycles. The first-order valence-electron chi connectivity index (χ1n) is 8.51. The molecule has 0 aromatic heterocycles. The third-order valence-electron chi connectivity index (χ3n) is 4.69. The largest absolute Gasteiger partial charge is 0.396 e. The highest BCUT2D eigenvalue weighted by molar-refractivity contribution is 7.89. The van der Waals surface area contributed by atoms with Gasteiger partial charge in [-0.05, 0) is 60.2 Å². The van der Waals surface area contributed by atoms with Gasteiger partial charge in [0.15, 0.2) is 0 Å². The number of nitrogens with two attached hydrogens (primary N) is 1. The van der Waals surface area contributed by atoms with Crippen molar-refractivity contribution < 1.29 is 13.5 Å². The summed E-state index contributed by atoms with van der Waals surface area (Å²) >= 11 is 0. The number of primary sulfonamides is 1. The van der Waals surface area contributed by atoms with Gasteiger partial charge in [0, 0.05) is 19.7 Å². The van der Waals surface area contributed by atoms with Gasteiger partial charge in [-0.15, -0.1) is 0 Å². The van der Waals surface area contributed by atoms with Crippen LogP contribution >= 0.6 is 0 Å². The van der Waals surface area contributed by atoms with Crippen LogP contribution in [0, 0.1) is 5.92 Å². The number of sulfonamides is 1. The summed E-state index contributed by atoms with van der Waals surface area (Å²) in [5.41, 5.74) is 2.98. The van der Waals surface area contributed by atoms with Crippen molar-refractivity contribution in [2.24, 2.45) is 11.1 Å². The maximum Gasteiger partial charge on any atom is 0.238 e. The van der Waals surface area contributed by atoms with E-state index >= 15 is 0 Å². The second kappa shape index (κ2) is 7.66. The summed E-state index contributed by atoms with van der Waals surface area (Å²) in [6.45, 7) is 3.04. The van der Waals surface area contributed by atoms with Crippen molar-refractivity contribution in [1.82, 2.24) is 4.90 Å². The molecule has 0 spiro atoms. The molecule has 0 aliphatic carbocycles. The number of benzene rings is 2. The van der Waals surface area contributed by atoms with Crippen molar-refractivity contribution in [3.63, 3.8) is 0 Å². The Hall–Kier alpha value is -1.73. The van der Waals surface area contributed by atoms with Crippen molar-refractivity contribution in [3.05, 3.63) is 54.1 Å². The first-order valence-corrected chi connectivity index (χ1v) is 10.1. The van der Waals surface area contributed by atoms with Gasteiger partial charge in [-0.2, -0.15) is 0 Å². The maximum atomic E-state index is 11.6. The van der Waals surface area contributed by atoms with Crippen molar-refractivity contribution in [3.8, 4) is 11.1 Å². The van der Waals surface area contributed by atoms with Crippen LogP contribution in [0.4, 0.5) is 0 Å². The topological polar surface area (TPSA) is 83.6 Å². The Labute approximate surface area is 149 Å². The van der Waals surface area contributed by atoms with Gasteiger partial charge in [0.2, 0.25) is 10.0 Å². The van der Waals surface area contributed by atoms with Crippen molar-refractivity contribution in [1.29, 1.82) is 0 Å². The third-order valence-corrected chi connectivity index (χ3v) is 5.60. The minimum absolute atomic E-state index is 0.122. The lowest BCUT2D eigenvalue weighted by molar-refractivity contribution is 0.116. The molecule has 134 valence electrons. The first-order chi connectivity index (χ1) is 12.0. The fourth-order valence-corrected chi connectivity index (χ4v) is 3.96. The Bertz CT molecular complexity index is 836. The lowest BCUT2D eigenvalue weighted by Crippen LogP contribution is -2.36. The molecule has 2 aromatic carbocycles. The van der Waals surface area contributed by atoms with Crippen LogP contribution in [0.1, 0.15) is 18.4 Å². The highest BCUT2D eigenvalue weighted by atomic mass is 32.2. The molecular weight excluding hydrogens is 336 g/mol. The number of aliphatic hydroxyl groups excluding tert-OH is 1. The summed E-state index contributed by atoms with van der Waals surface area (Å²) in [4.78, 5) is 2.49. The highest BCUT2D eigenvalue weighted by Crippen LogP contribution is 2.24. The molecule has 1 unspecified atom stereocenters. The fourth-order valence-electron chi connectivity index (χ4n) is 3.40. The van der Waals surface area contributed by atoms with Gasteiger partial charge in [-0.25, -0.2) is 13.6 Å². The lowest BCUT2D eigenvalue weighted by atomic mass is 9.98. The predicted molar refractivity (Wildman–Crippen MR) is 98.3 cm³/mol. The average Bonchev–Trinajstić information content (AvgIpc) is 2.61. The minimum atomic E-state index is -3.71. The van der Waals surface area contributed by atoms with Crippen molar-refractivity contribution >= 4 is 10.0 Å². The van der Waals surface area contributed by atoms with Gasteiger partial charge >= 0.3 is 0 Å². The Balaban J connectivity index is 1.80. The van der Waals surface area contributed by atoms with Gasteiger partial charge in [0.1, 0.15) is 0 Å². The van der Waals surface area contributed by atoms with Crippen LogP contribution in [-0.4, -0.2) is 38.1 Å². The molecule has 3 rings (SSSR count). The number of rotatable bonds is 5. The zero-order chi connectivity index (χ0) is 17.9. The summed E-state index contributed by atoms with van der Waals surface area (Å²) in [6.07, 6.45) is 2.20. The molecule has 1 heterocycles. The Kier molecular flexibility index (Phi) is 5.54. The lowest BCUT2D eigenvalue weighted by Gasteiger charge is -2.31. The number of aliphatic hydroxyl groups is 1. The molecule has 6 heteroatoms. The van der Waals surface area contributed by atoms with Crippen LogP contribution in [0.3, 0.4) is 0 Å². The first kappa shape index (κ1) is 18.1. The van der Waals surface area contributed by atoms with Crippen LogP contribution in [0.5, 0.6) is 0 Å². The second-order valence-electron chi connectivity index (χ2n) is 6.70. The van der Waals surface area contributed by atoms with E-state index < -0.39 is 10.0 Å². The van der Waals surface area contributed by atoms with E-state index in [1.807, 2.05) is 18.2 Å². The standard InChI is InChI=1S/C19H24N2O3S/c20-25(23,24)19-8-2-7-18(11-19)17-6-1-4-15(10-17)12-21-9-3-5-16(13-21)14-22/h1-2,4,6-8,10-11,16,22H,3,5,9,12-14H2,(H2,20,23,24). The molecule has 0 amide bonds. The quantitative estimate of drug-likeness (QED) is 0.856. The normalized spacial score (nSPS) is 19.0. The molecule has 0 bridgehead atoms. The van der Waals surface area contributed by atoms with Crippen LogP contribution in [-0.2, 0) is 16.6 Å². The van der Waals surface area contributed by atoms with E-state index in [1.54, 1.807) is 12.1 Å². The van der Waals surface area contributed by atoms with E-state index in [1.165, 1.54) is 11.6 Å². The van der Waals surface area contributed by atoms with E-state index in [-0.39, 0.29) is 11.5 Å². The number of piperidine rings is 1. The number of hydrogen-bond acceptors (Lipinski definition) is 4. The summed E-state index contributed by atoms with van der Waals surface area (Å²) < 4.78 is 23.1. The van der Waals surface area contributed by atoms with Crippen molar-refractivity contribution in [2.75, 3.05) is 19.7 Å². The van der Waals surface area contributed by atoms with Crippen LogP contribution < -0.4 is 5.14 Å². The van der Waals surface area contributed by atoms with Gasteiger partial charge in [-0.3, -0.25) is 4.90 Å². The Morgan fingerprint density at radius 1 is 1.12 bits per heavy atom. The molecule has 1 aliphatic heterocycles. The second-order valence-corrected chi connectivity index (χ2v) is 8.26. The summed E-state index contributed by atoms with van der Waals surface area (Å²) in [5.74, 6) is 0.364. The minimum Gasteiger partial charge on any atom is -0.396 e. The van der Waals surface area contributed by atoms with E-state index in [9.17, 15) is 13.5 Å². The molecule has 1 atom stereocenters. The highest BCUT2D eigenvalue weighted by Gasteiger charge is 2.19. The van der Waals surface area contributed by atoms with Crippen LogP contribution in [0.15, 0.2) is 53.4 Å². The third kappa shape index (κ3) is 4.67. The molecule has 1 saturated heterocycles. The van der Waals surface area contributed by atoms with E-state index in [2.05, 4.69) is 17.0 Å². The Morgan fingerprint density at radius 2 is 1.84 bits per heavy atom. The average molecular weight is 360 g/mol. The molecule has 3 N–H and O–H groups in total. The fraction of sp³-hybridized carbons (Fsp3) is 0.368. The summed E-state index contributed by atoms with van der Waals surface area (Å²) in [7, 11) is -3.71. The maximum absolute atomic E-state index is 11.6. The van der Waals surface area contributed by atoms with E-state index in [0.29, 0.717) is 5.92 Å². The van der Waals surface area contributed by atoms with Gasteiger partial charge in [-0.1, -0.05) is 30.3 Å². The van der Waals surface area contributed by atoms with Crippen LogP contribution in [0.2, 0.25) is 0 Å². The molecule has 1 aliphatic rings. The van der Waals surface area contributed by atoms with Gasteiger partial charge in [0.25, 0.3) is 0 Å². The number of nitrogens with zero attached hydrogens (tertiary/aromatic N) is 1. The van der Waals surface area contributed by atoms with E-state index in [4.69, 9.17) is 5.14 Å². The molecule has 0 radical (unpaired) electrons. The molecule has 1 fully saturated rings. The number of likely N-dealkylation sites (tertiary alicyclic amines) is 1. The van der Waals surface area contributed by atoms with Gasteiger partial charge < -0.3 is 5.11 Å². The van der Waals surface area contributed by atoms with Crippen LogP contribution in [0.25, 0.3) is 11.1 Å². The monoisotopic (exact) mass is 360 g/mol. The zero-order valence-electron chi connectivity index (χ0n) is 14.1. The zero-order valence-corrected chi connectivity index (χ0v) is 15.0. The smallest absolute Gasteiger partial charge is 0.238 e.